The van der Waals surface area contributed by atoms with E-state index in [1.165, 1.54) is 0 Å². The predicted molar refractivity (Wildman–Crippen MR) is 79.5 cm³/mol. The van der Waals surface area contributed by atoms with Crippen molar-refractivity contribution in [2.45, 2.75) is 32.4 Å². The van der Waals surface area contributed by atoms with E-state index in [1.54, 1.807) is 17.9 Å². The van der Waals surface area contributed by atoms with Gasteiger partial charge in [-0.25, -0.2) is 0 Å². The third-order valence-corrected chi connectivity index (χ3v) is 3.78. The van der Waals surface area contributed by atoms with E-state index < -0.39 is 0 Å². The van der Waals surface area contributed by atoms with Crippen LogP contribution in [0.15, 0.2) is 24.4 Å². The number of rotatable bonds is 4. The number of carbonyl (C=O) groups excluding carboxylic acids is 1. The summed E-state index contributed by atoms with van der Waals surface area (Å²) in [7, 11) is 1.75. The average Bonchev–Trinajstić information content (AvgIpc) is 3.26. The summed E-state index contributed by atoms with van der Waals surface area (Å²) in [5, 5.41) is 4.23. The molecular weight excluding hydrogens is 266 g/mol. The summed E-state index contributed by atoms with van der Waals surface area (Å²) in [6, 6.07) is 6.02. The number of carbonyl (C=O) groups is 1. The minimum atomic E-state index is -0.0660. The van der Waals surface area contributed by atoms with Crippen LogP contribution in [0.3, 0.4) is 0 Å². The number of pyridine rings is 1. The molecule has 6 nitrogen and oxygen atoms in total. The Kier molecular flexibility index (Phi) is 3.37. The lowest BCUT2D eigenvalue weighted by atomic mass is 10.2. The fourth-order valence-electron chi connectivity index (χ4n) is 2.48. The van der Waals surface area contributed by atoms with Gasteiger partial charge in [0, 0.05) is 19.3 Å². The van der Waals surface area contributed by atoms with Crippen LogP contribution in [0.25, 0.3) is 0 Å². The van der Waals surface area contributed by atoms with Crippen molar-refractivity contribution in [3.8, 4) is 0 Å². The van der Waals surface area contributed by atoms with Gasteiger partial charge in [0.1, 0.15) is 5.69 Å². The van der Waals surface area contributed by atoms with Crippen molar-refractivity contribution in [2.75, 3.05) is 5.73 Å². The topological polar surface area (TPSA) is 77.0 Å². The van der Waals surface area contributed by atoms with Gasteiger partial charge in [-0.2, -0.15) is 5.10 Å². The van der Waals surface area contributed by atoms with Crippen molar-refractivity contribution in [3.63, 3.8) is 0 Å². The lowest BCUT2D eigenvalue weighted by Gasteiger charge is -2.22. The second-order valence-electron chi connectivity index (χ2n) is 5.46. The van der Waals surface area contributed by atoms with Crippen LogP contribution in [-0.4, -0.2) is 31.6 Å². The first kappa shape index (κ1) is 13.6. The molecule has 0 radical (unpaired) electrons. The van der Waals surface area contributed by atoms with E-state index in [9.17, 15) is 4.79 Å². The zero-order valence-electron chi connectivity index (χ0n) is 12.3. The van der Waals surface area contributed by atoms with Gasteiger partial charge in [-0.1, -0.05) is 6.07 Å². The van der Waals surface area contributed by atoms with Gasteiger partial charge in [-0.15, -0.1) is 0 Å². The number of hydrogen-bond acceptors (Lipinski definition) is 4. The molecule has 1 saturated carbocycles. The molecule has 2 aromatic heterocycles. The molecule has 3 rings (SSSR count). The second-order valence-corrected chi connectivity index (χ2v) is 5.46. The molecule has 1 aliphatic rings. The first-order valence-electron chi connectivity index (χ1n) is 7.08. The molecule has 2 aromatic rings. The molecule has 0 atom stereocenters. The maximum absolute atomic E-state index is 12.8. The smallest absolute Gasteiger partial charge is 0.274 e. The Hall–Kier alpha value is -2.37. The molecule has 1 amide bonds. The first-order valence-corrected chi connectivity index (χ1v) is 7.08. The van der Waals surface area contributed by atoms with Crippen LogP contribution >= 0.6 is 0 Å². The Labute approximate surface area is 123 Å². The lowest BCUT2D eigenvalue weighted by molar-refractivity contribution is 0.0717. The number of amides is 1. The molecular formula is C15H19N5O. The Morgan fingerprint density at radius 1 is 1.48 bits per heavy atom. The standard InChI is InChI=1S/C15H19N5O/c1-10-13(16)14(19(2)18-10)15(21)20(12-6-7-12)9-11-5-3-4-8-17-11/h3-5,8,12H,6-7,9,16H2,1-2H3. The molecule has 2 N–H and O–H groups in total. The molecule has 6 heteroatoms. The third kappa shape index (κ3) is 2.61. The molecule has 0 saturated heterocycles. The molecule has 0 aromatic carbocycles. The molecule has 0 unspecified atom stereocenters. The molecule has 0 aliphatic heterocycles. The Bertz CT molecular complexity index is 660. The molecule has 0 spiro atoms. The van der Waals surface area contributed by atoms with Crippen LogP contribution in [0.1, 0.15) is 34.7 Å². The van der Waals surface area contributed by atoms with Gasteiger partial charge < -0.3 is 10.6 Å². The van der Waals surface area contributed by atoms with Gasteiger partial charge in [0.2, 0.25) is 0 Å². The summed E-state index contributed by atoms with van der Waals surface area (Å²) in [5.41, 5.74) is 8.52. The maximum atomic E-state index is 12.8. The quantitative estimate of drug-likeness (QED) is 0.923. The minimum absolute atomic E-state index is 0.0660. The second kappa shape index (κ2) is 5.20. The van der Waals surface area contributed by atoms with Gasteiger partial charge >= 0.3 is 0 Å². The molecule has 1 fully saturated rings. The van der Waals surface area contributed by atoms with E-state index in [4.69, 9.17) is 5.73 Å². The number of anilines is 1. The molecule has 0 bridgehead atoms. The van der Waals surface area contributed by atoms with E-state index in [2.05, 4.69) is 10.1 Å². The molecule has 1 aliphatic carbocycles. The Balaban J connectivity index is 1.89. The highest BCUT2D eigenvalue weighted by Gasteiger charge is 2.35. The number of nitrogens with two attached hydrogens (primary N) is 1. The summed E-state index contributed by atoms with van der Waals surface area (Å²) in [4.78, 5) is 19.0. The monoisotopic (exact) mass is 285 g/mol. The fraction of sp³-hybridized carbons (Fsp3) is 0.400. The average molecular weight is 285 g/mol. The van der Waals surface area contributed by atoms with Crippen LogP contribution in [0.2, 0.25) is 0 Å². The van der Waals surface area contributed by atoms with Gasteiger partial charge in [0.25, 0.3) is 5.91 Å². The summed E-state index contributed by atoms with van der Waals surface area (Å²) in [5.74, 6) is -0.0660. The van der Waals surface area contributed by atoms with Gasteiger partial charge in [-0.3, -0.25) is 14.5 Å². The van der Waals surface area contributed by atoms with E-state index in [-0.39, 0.29) is 11.9 Å². The van der Waals surface area contributed by atoms with Crippen molar-refractivity contribution in [1.82, 2.24) is 19.7 Å². The highest BCUT2D eigenvalue weighted by Crippen LogP contribution is 2.30. The highest BCUT2D eigenvalue weighted by molar-refractivity contribution is 5.98. The number of aryl methyl sites for hydroxylation is 2. The molecule has 21 heavy (non-hydrogen) atoms. The fourth-order valence-corrected chi connectivity index (χ4v) is 2.48. The van der Waals surface area contributed by atoms with Crippen molar-refractivity contribution < 1.29 is 4.79 Å². The number of hydrogen-bond donors (Lipinski definition) is 1. The first-order chi connectivity index (χ1) is 10.1. The zero-order valence-corrected chi connectivity index (χ0v) is 12.3. The predicted octanol–water partition coefficient (Wildman–Crippen LogP) is 1.51. The van der Waals surface area contributed by atoms with Crippen molar-refractivity contribution in [1.29, 1.82) is 0 Å². The van der Waals surface area contributed by atoms with E-state index >= 15 is 0 Å². The minimum Gasteiger partial charge on any atom is -0.395 e. The van der Waals surface area contributed by atoms with Crippen LogP contribution in [-0.2, 0) is 13.6 Å². The summed E-state index contributed by atoms with van der Waals surface area (Å²) < 4.78 is 1.57. The van der Waals surface area contributed by atoms with E-state index in [1.807, 2.05) is 30.0 Å². The van der Waals surface area contributed by atoms with Crippen LogP contribution in [0.4, 0.5) is 5.69 Å². The Morgan fingerprint density at radius 2 is 2.24 bits per heavy atom. The SMILES string of the molecule is Cc1nn(C)c(C(=O)N(Cc2ccccn2)C2CC2)c1N. The third-order valence-electron chi connectivity index (χ3n) is 3.78. The van der Waals surface area contributed by atoms with Gasteiger partial charge in [0.05, 0.1) is 23.6 Å². The van der Waals surface area contributed by atoms with Crippen molar-refractivity contribution in [2.24, 2.45) is 7.05 Å². The maximum Gasteiger partial charge on any atom is 0.274 e. The Morgan fingerprint density at radius 3 is 2.76 bits per heavy atom. The zero-order chi connectivity index (χ0) is 15.0. The van der Waals surface area contributed by atoms with Gasteiger partial charge in [-0.05, 0) is 31.9 Å². The number of aromatic nitrogens is 3. The largest absolute Gasteiger partial charge is 0.395 e. The lowest BCUT2D eigenvalue weighted by Crippen LogP contribution is -2.34. The van der Waals surface area contributed by atoms with Gasteiger partial charge in [0.15, 0.2) is 0 Å². The summed E-state index contributed by atoms with van der Waals surface area (Å²) >= 11 is 0. The van der Waals surface area contributed by atoms with Crippen molar-refractivity contribution in [3.05, 3.63) is 41.5 Å². The number of nitrogens with zero attached hydrogens (tertiary/aromatic N) is 4. The molecule has 2 heterocycles. The van der Waals surface area contributed by atoms with Crippen LogP contribution < -0.4 is 5.73 Å². The normalized spacial score (nSPS) is 14.2. The van der Waals surface area contributed by atoms with Crippen LogP contribution in [0, 0.1) is 6.92 Å². The number of nitrogen functional groups attached to an aromatic ring is 1. The molecule has 110 valence electrons. The van der Waals surface area contributed by atoms with Crippen LogP contribution in [0.5, 0.6) is 0 Å². The van der Waals surface area contributed by atoms with E-state index in [0.717, 1.165) is 18.5 Å². The van der Waals surface area contributed by atoms with E-state index in [0.29, 0.717) is 23.6 Å². The summed E-state index contributed by atoms with van der Waals surface area (Å²) in [6.07, 6.45) is 3.82. The van der Waals surface area contributed by atoms with Crippen molar-refractivity contribution >= 4 is 11.6 Å². The highest BCUT2D eigenvalue weighted by atomic mass is 16.2. The summed E-state index contributed by atoms with van der Waals surface area (Å²) in [6.45, 7) is 2.32.